The van der Waals surface area contributed by atoms with Crippen molar-refractivity contribution in [3.05, 3.63) is 68.5 Å². The number of thioether (sulfide) groups is 1. The third-order valence-corrected chi connectivity index (χ3v) is 4.74. The molecule has 0 atom stereocenters. The largest absolute Gasteiger partial charge is 0.425 e. The summed E-state index contributed by atoms with van der Waals surface area (Å²) >= 11 is 12.8. The molecule has 0 radical (unpaired) electrons. The Morgan fingerprint density at radius 1 is 1.12 bits per heavy atom. The van der Waals surface area contributed by atoms with E-state index in [4.69, 9.17) is 27.9 Å². The highest BCUT2D eigenvalue weighted by atomic mass is 35.5. The van der Waals surface area contributed by atoms with Crippen molar-refractivity contribution in [1.82, 2.24) is 5.32 Å². The van der Waals surface area contributed by atoms with Crippen molar-refractivity contribution in [2.45, 2.75) is 6.42 Å². The van der Waals surface area contributed by atoms with Crippen LogP contribution in [0.1, 0.15) is 11.1 Å². The topological polar surface area (TPSA) is 72.5 Å². The van der Waals surface area contributed by atoms with Crippen molar-refractivity contribution >= 4 is 58.2 Å². The lowest BCUT2D eigenvalue weighted by molar-refractivity contribution is -0.133. The molecule has 3 rings (SSSR count). The predicted octanol–water partition coefficient (Wildman–Crippen LogP) is 4.47. The lowest BCUT2D eigenvalue weighted by atomic mass is 10.1. The smallest absolute Gasteiger partial charge is 0.315 e. The highest BCUT2D eigenvalue weighted by molar-refractivity contribution is 8.18. The Morgan fingerprint density at radius 2 is 1.85 bits per heavy atom. The van der Waals surface area contributed by atoms with E-state index in [1.165, 1.54) is 12.1 Å². The Bertz CT molecular complexity index is 925. The van der Waals surface area contributed by atoms with E-state index in [2.05, 4.69) is 5.32 Å². The fourth-order valence-electron chi connectivity index (χ4n) is 2.19. The summed E-state index contributed by atoms with van der Waals surface area (Å²) in [6.07, 6.45) is 1.62. The molecule has 5 nitrogen and oxygen atoms in total. The van der Waals surface area contributed by atoms with E-state index in [9.17, 15) is 14.4 Å². The van der Waals surface area contributed by atoms with Crippen LogP contribution in [-0.2, 0) is 16.0 Å². The average Bonchev–Trinajstić information content (AvgIpc) is 2.89. The average molecular weight is 408 g/mol. The van der Waals surface area contributed by atoms with Gasteiger partial charge in [0.25, 0.3) is 11.1 Å². The molecule has 2 aromatic rings. The zero-order chi connectivity index (χ0) is 18.7. The van der Waals surface area contributed by atoms with Crippen molar-refractivity contribution in [3.63, 3.8) is 0 Å². The van der Waals surface area contributed by atoms with E-state index >= 15 is 0 Å². The van der Waals surface area contributed by atoms with Crippen LogP contribution in [0.3, 0.4) is 0 Å². The van der Waals surface area contributed by atoms with Crippen LogP contribution in [0, 0.1) is 0 Å². The highest BCUT2D eigenvalue weighted by Gasteiger charge is 2.25. The molecule has 1 saturated heterocycles. The molecule has 1 aliphatic rings. The zero-order valence-electron chi connectivity index (χ0n) is 13.1. The van der Waals surface area contributed by atoms with E-state index in [1.54, 1.807) is 36.4 Å². The number of imide groups is 1. The second kappa shape index (κ2) is 7.95. The Morgan fingerprint density at radius 3 is 2.46 bits per heavy atom. The summed E-state index contributed by atoms with van der Waals surface area (Å²) in [4.78, 5) is 35.0. The Labute approximate surface area is 163 Å². The molecule has 1 heterocycles. The molecule has 1 aliphatic heterocycles. The quantitative estimate of drug-likeness (QED) is 0.459. The number of rotatable bonds is 4. The maximum absolute atomic E-state index is 12.0. The Kier molecular flexibility index (Phi) is 5.66. The summed E-state index contributed by atoms with van der Waals surface area (Å²) in [5.74, 6) is -0.696. The van der Waals surface area contributed by atoms with Crippen LogP contribution in [-0.4, -0.2) is 17.1 Å². The first kappa shape index (κ1) is 18.5. The van der Waals surface area contributed by atoms with Crippen LogP contribution in [0.5, 0.6) is 5.75 Å². The van der Waals surface area contributed by atoms with Crippen molar-refractivity contribution < 1.29 is 19.1 Å². The van der Waals surface area contributed by atoms with Gasteiger partial charge in [0.2, 0.25) is 0 Å². The second-order valence-corrected chi connectivity index (χ2v) is 7.18. The molecule has 2 amide bonds. The number of carbonyl (C=O) groups is 3. The number of ether oxygens (including phenoxy) is 1. The number of esters is 1. The molecular formula is C18H11Cl2NO4S. The van der Waals surface area contributed by atoms with E-state index < -0.39 is 17.1 Å². The Hall–Kier alpha value is -2.28. The third kappa shape index (κ3) is 4.66. The molecule has 0 unspecified atom stereocenters. The van der Waals surface area contributed by atoms with Gasteiger partial charge in [-0.15, -0.1) is 0 Å². The second-order valence-electron chi connectivity index (χ2n) is 5.32. The van der Waals surface area contributed by atoms with Crippen LogP contribution in [0.25, 0.3) is 6.08 Å². The van der Waals surface area contributed by atoms with Gasteiger partial charge in [-0.05, 0) is 53.2 Å². The fourth-order valence-corrected chi connectivity index (χ4v) is 3.23. The maximum atomic E-state index is 12.0. The van der Waals surface area contributed by atoms with Crippen molar-refractivity contribution in [2.75, 3.05) is 0 Å². The predicted molar refractivity (Wildman–Crippen MR) is 101 cm³/mol. The number of hydrogen-bond acceptors (Lipinski definition) is 5. The van der Waals surface area contributed by atoms with Gasteiger partial charge in [-0.3, -0.25) is 19.7 Å². The molecule has 132 valence electrons. The number of nitrogens with one attached hydrogen (secondary N) is 1. The molecule has 0 saturated carbocycles. The van der Waals surface area contributed by atoms with Crippen LogP contribution in [0.2, 0.25) is 10.0 Å². The molecule has 1 N–H and O–H groups in total. The summed E-state index contributed by atoms with van der Waals surface area (Å²) in [5.41, 5.74) is 1.38. The molecule has 1 fully saturated rings. The van der Waals surface area contributed by atoms with Crippen LogP contribution >= 0.6 is 35.0 Å². The lowest BCUT2D eigenvalue weighted by Gasteiger charge is -2.07. The van der Waals surface area contributed by atoms with Gasteiger partial charge in [-0.2, -0.15) is 0 Å². The van der Waals surface area contributed by atoms with Crippen molar-refractivity contribution in [2.24, 2.45) is 0 Å². The summed E-state index contributed by atoms with van der Waals surface area (Å²) in [6.45, 7) is 0. The highest BCUT2D eigenvalue weighted by Crippen LogP contribution is 2.30. The van der Waals surface area contributed by atoms with Gasteiger partial charge >= 0.3 is 5.97 Å². The molecule has 8 heteroatoms. The minimum atomic E-state index is -0.461. The first-order chi connectivity index (χ1) is 12.4. The number of carbonyl (C=O) groups excluding carboxylic acids is 3. The standard InChI is InChI=1S/C18H11Cl2NO4S/c19-12-4-1-10(2-5-12)9-16(22)25-14-6-3-11(7-13(14)20)8-15-17(23)21-18(24)26-15/h1-8H,9H2,(H,21,23,24). The lowest BCUT2D eigenvalue weighted by Crippen LogP contribution is -2.17. The van der Waals surface area contributed by atoms with Gasteiger partial charge in [0.15, 0.2) is 0 Å². The van der Waals surface area contributed by atoms with Gasteiger partial charge < -0.3 is 4.74 Å². The first-order valence-corrected chi connectivity index (χ1v) is 8.97. The van der Waals surface area contributed by atoms with Gasteiger partial charge in [0, 0.05) is 5.02 Å². The summed E-state index contributed by atoms with van der Waals surface area (Å²) in [6, 6.07) is 11.6. The third-order valence-electron chi connectivity index (χ3n) is 3.38. The zero-order valence-corrected chi connectivity index (χ0v) is 15.5. The monoisotopic (exact) mass is 407 g/mol. The van der Waals surface area contributed by atoms with Gasteiger partial charge in [-0.25, -0.2) is 0 Å². The molecule has 0 aliphatic carbocycles. The fraction of sp³-hybridized carbons (Fsp3) is 0.0556. The molecule has 26 heavy (non-hydrogen) atoms. The van der Waals surface area contributed by atoms with Crippen LogP contribution < -0.4 is 10.1 Å². The summed E-state index contributed by atoms with van der Waals surface area (Å²) < 4.78 is 5.28. The number of amides is 2. The molecular weight excluding hydrogens is 397 g/mol. The molecule has 2 aromatic carbocycles. The van der Waals surface area contributed by atoms with E-state index in [1.807, 2.05) is 0 Å². The maximum Gasteiger partial charge on any atom is 0.315 e. The first-order valence-electron chi connectivity index (χ1n) is 7.40. The van der Waals surface area contributed by atoms with Gasteiger partial charge in [-0.1, -0.05) is 41.4 Å². The summed E-state index contributed by atoms with van der Waals surface area (Å²) in [5, 5.41) is 2.56. The summed E-state index contributed by atoms with van der Waals surface area (Å²) in [7, 11) is 0. The number of halogens is 2. The number of benzene rings is 2. The van der Waals surface area contributed by atoms with E-state index in [0.717, 1.165) is 17.3 Å². The number of hydrogen-bond donors (Lipinski definition) is 1. The van der Waals surface area contributed by atoms with Crippen LogP contribution in [0.4, 0.5) is 4.79 Å². The van der Waals surface area contributed by atoms with E-state index in [-0.39, 0.29) is 22.1 Å². The normalized spacial score (nSPS) is 15.2. The van der Waals surface area contributed by atoms with Crippen molar-refractivity contribution in [3.8, 4) is 5.75 Å². The SMILES string of the molecule is O=C(Cc1ccc(Cl)cc1)Oc1ccc(C=C2SC(=O)NC2=O)cc1Cl. The molecule has 0 bridgehead atoms. The Balaban J connectivity index is 1.68. The van der Waals surface area contributed by atoms with Crippen LogP contribution in [0.15, 0.2) is 47.4 Å². The van der Waals surface area contributed by atoms with Gasteiger partial charge in [0.05, 0.1) is 16.3 Å². The minimum Gasteiger partial charge on any atom is -0.425 e. The van der Waals surface area contributed by atoms with Gasteiger partial charge in [0.1, 0.15) is 5.75 Å². The minimum absolute atomic E-state index is 0.0816. The van der Waals surface area contributed by atoms with E-state index in [0.29, 0.717) is 10.6 Å². The molecule has 0 spiro atoms. The molecule has 0 aromatic heterocycles. The van der Waals surface area contributed by atoms with Crippen molar-refractivity contribution in [1.29, 1.82) is 0 Å².